The Balaban J connectivity index is 1.81. The highest BCUT2D eigenvalue weighted by Gasteiger charge is 2.37. The van der Waals surface area contributed by atoms with Crippen molar-refractivity contribution in [3.8, 4) is 6.07 Å². The minimum Gasteiger partial charge on any atom is -0.356 e. The average Bonchev–Trinajstić information content (AvgIpc) is 2.80. The minimum absolute atomic E-state index is 0.376. The van der Waals surface area contributed by atoms with E-state index in [1.165, 1.54) is 6.42 Å². The van der Waals surface area contributed by atoms with Crippen molar-refractivity contribution in [2.24, 2.45) is 17.6 Å². The van der Waals surface area contributed by atoms with Crippen molar-refractivity contribution in [3.63, 3.8) is 0 Å². The van der Waals surface area contributed by atoms with Gasteiger partial charge in [-0.05, 0) is 50.2 Å². The number of nitriles is 1. The monoisotopic (exact) mass is 256 g/mol. The zero-order valence-corrected chi connectivity index (χ0v) is 11.3. The summed E-state index contributed by atoms with van der Waals surface area (Å²) in [6, 6.07) is 6.33. The molecule has 2 heterocycles. The first-order valence-corrected chi connectivity index (χ1v) is 7.05. The summed E-state index contributed by atoms with van der Waals surface area (Å²) in [5, 5.41) is 9.06. The molecule has 2 N–H and O–H groups in total. The first-order chi connectivity index (χ1) is 9.15. The van der Waals surface area contributed by atoms with Gasteiger partial charge in [-0.25, -0.2) is 4.98 Å². The molecule has 0 amide bonds. The van der Waals surface area contributed by atoms with Crippen molar-refractivity contribution >= 4 is 5.82 Å². The van der Waals surface area contributed by atoms with Crippen LogP contribution >= 0.6 is 0 Å². The van der Waals surface area contributed by atoms with E-state index in [1.54, 1.807) is 0 Å². The van der Waals surface area contributed by atoms with E-state index in [0.29, 0.717) is 17.5 Å². The summed E-state index contributed by atoms with van der Waals surface area (Å²) in [5.74, 6) is 2.42. The second-order valence-electron chi connectivity index (χ2n) is 5.97. The van der Waals surface area contributed by atoms with Crippen LogP contribution in [0, 0.1) is 30.1 Å². The van der Waals surface area contributed by atoms with E-state index in [9.17, 15) is 0 Å². The molecule has 1 aliphatic carbocycles. The third-order valence-corrected chi connectivity index (χ3v) is 4.48. The number of anilines is 1. The van der Waals surface area contributed by atoms with Gasteiger partial charge in [0.2, 0.25) is 0 Å². The van der Waals surface area contributed by atoms with Crippen molar-refractivity contribution < 1.29 is 0 Å². The van der Waals surface area contributed by atoms with Crippen LogP contribution in [-0.4, -0.2) is 24.1 Å². The summed E-state index contributed by atoms with van der Waals surface area (Å²) >= 11 is 0. The molecule has 100 valence electrons. The predicted molar refractivity (Wildman–Crippen MR) is 74.7 cm³/mol. The van der Waals surface area contributed by atoms with Crippen molar-refractivity contribution in [3.05, 3.63) is 23.4 Å². The fourth-order valence-corrected chi connectivity index (χ4v) is 3.53. The van der Waals surface area contributed by atoms with Gasteiger partial charge in [-0.1, -0.05) is 0 Å². The average molecular weight is 256 g/mol. The predicted octanol–water partition coefficient (Wildman–Crippen LogP) is 1.83. The smallest absolute Gasteiger partial charge is 0.130 e. The van der Waals surface area contributed by atoms with E-state index in [2.05, 4.69) is 16.0 Å². The SMILES string of the molecule is Cc1cc(C#N)cc(N2C[C@H]3CCC(N)C[C@H]3C2)n1. The number of pyridine rings is 1. The fourth-order valence-electron chi connectivity index (χ4n) is 3.53. The molecule has 1 saturated heterocycles. The molecule has 4 nitrogen and oxygen atoms in total. The lowest BCUT2D eigenvalue weighted by Crippen LogP contribution is -2.32. The normalized spacial score (nSPS) is 29.9. The summed E-state index contributed by atoms with van der Waals surface area (Å²) in [4.78, 5) is 6.92. The number of nitrogens with zero attached hydrogens (tertiary/aromatic N) is 3. The van der Waals surface area contributed by atoms with Gasteiger partial charge in [0.1, 0.15) is 5.82 Å². The van der Waals surface area contributed by atoms with Crippen molar-refractivity contribution in [2.75, 3.05) is 18.0 Å². The number of aromatic nitrogens is 1. The van der Waals surface area contributed by atoms with Gasteiger partial charge in [0.05, 0.1) is 11.6 Å². The molecule has 1 aliphatic heterocycles. The van der Waals surface area contributed by atoms with Crippen molar-refractivity contribution in [1.82, 2.24) is 4.98 Å². The minimum atomic E-state index is 0.376. The molecule has 0 radical (unpaired) electrons. The second kappa shape index (κ2) is 4.82. The lowest BCUT2D eigenvalue weighted by atomic mass is 9.79. The van der Waals surface area contributed by atoms with E-state index < -0.39 is 0 Å². The molecule has 2 aliphatic rings. The Morgan fingerprint density at radius 1 is 1.32 bits per heavy atom. The summed E-state index contributed by atoms with van der Waals surface area (Å²) in [5.41, 5.74) is 7.69. The Kier molecular flexibility index (Phi) is 3.16. The first kappa shape index (κ1) is 12.4. The van der Waals surface area contributed by atoms with Crippen LogP contribution in [0.4, 0.5) is 5.82 Å². The quantitative estimate of drug-likeness (QED) is 0.832. The van der Waals surface area contributed by atoms with Gasteiger partial charge in [0, 0.05) is 24.8 Å². The molecule has 19 heavy (non-hydrogen) atoms. The third kappa shape index (κ3) is 2.43. The number of rotatable bonds is 1. The summed E-state index contributed by atoms with van der Waals surface area (Å²) < 4.78 is 0. The van der Waals surface area contributed by atoms with Crippen LogP contribution in [0.1, 0.15) is 30.5 Å². The molecule has 3 atom stereocenters. The summed E-state index contributed by atoms with van der Waals surface area (Å²) in [6.07, 6.45) is 3.52. The number of hydrogen-bond donors (Lipinski definition) is 1. The Bertz CT molecular complexity index is 519. The maximum atomic E-state index is 9.06. The highest BCUT2D eigenvalue weighted by atomic mass is 15.2. The maximum absolute atomic E-state index is 9.06. The van der Waals surface area contributed by atoms with Gasteiger partial charge < -0.3 is 10.6 Å². The van der Waals surface area contributed by atoms with Crippen molar-refractivity contribution in [1.29, 1.82) is 5.26 Å². The van der Waals surface area contributed by atoms with Crippen LogP contribution in [0.15, 0.2) is 12.1 Å². The largest absolute Gasteiger partial charge is 0.356 e. The zero-order valence-electron chi connectivity index (χ0n) is 11.3. The first-order valence-electron chi connectivity index (χ1n) is 7.05. The Morgan fingerprint density at radius 2 is 2.11 bits per heavy atom. The fraction of sp³-hybridized carbons (Fsp3) is 0.600. The molecular weight excluding hydrogens is 236 g/mol. The lowest BCUT2D eigenvalue weighted by molar-refractivity contribution is 0.271. The summed E-state index contributed by atoms with van der Waals surface area (Å²) in [6.45, 7) is 4.06. The van der Waals surface area contributed by atoms with Crippen LogP contribution in [-0.2, 0) is 0 Å². The molecule has 0 bridgehead atoms. The second-order valence-corrected chi connectivity index (χ2v) is 5.97. The number of hydrogen-bond acceptors (Lipinski definition) is 4. The van der Waals surface area contributed by atoms with Gasteiger partial charge in [0.15, 0.2) is 0 Å². The molecule has 1 unspecified atom stereocenters. The topological polar surface area (TPSA) is 65.9 Å². The molecule has 1 aromatic rings. The molecule has 4 heteroatoms. The van der Waals surface area contributed by atoms with Crippen LogP contribution in [0.2, 0.25) is 0 Å². The van der Waals surface area contributed by atoms with Gasteiger partial charge in [-0.15, -0.1) is 0 Å². The lowest BCUT2D eigenvalue weighted by Gasteiger charge is -2.27. The van der Waals surface area contributed by atoms with Crippen LogP contribution < -0.4 is 10.6 Å². The Hall–Kier alpha value is -1.60. The molecule has 3 rings (SSSR count). The zero-order chi connectivity index (χ0) is 13.4. The van der Waals surface area contributed by atoms with E-state index in [0.717, 1.165) is 43.4 Å². The molecule has 1 saturated carbocycles. The number of nitrogens with two attached hydrogens (primary N) is 1. The van der Waals surface area contributed by atoms with E-state index in [4.69, 9.17) is 11.0 Å². The molecule has 0 spiro atoms. The van der Waals surface area contributed by atoms with Crippen LogP contribution in [0.5, 0.6) is 0 Å². The Labute approximate surface area is 114 Å². The van der Waals surface area contributed by atoms with Crippen molar-refractivity contribution in [2.45, 2.75) is 32.2 Å². The standard InChI is InChI=1S/C15H20N4/c1-10-4-11(7-16)5-15(18-10)19-8-12-2-3-14(17)6-13(12)9-19/h4-5,12-14H,2-3,6,8-9,17H2,1H3/t12-,13+,14?/m1/s1. The van der Waals surface area contributed by atoms with E-state index >= 15 is 0 Å². The molecule has 1 aromatic heterocycles. The van der Waals surface area contributed by atoms with Crippen LogP contribution in [0.25, 0.3) is 0 Å². The maximum Gasteiger partial charge on any atom is 0.130 e. The van der Waals surface area contributed by atoms with Gasteiger partial charge in [-0.3, -0.25) is 0 Å². The number of fused-ring (bicyclic) bond motifs is 1. The van der Waals surface area contributed by atoms with E-state index in [1.807, 2.05) is 19.1 Å². The molecular formula is C15H20N4. The molecule has 0 aromatic carbocycles. The van der Waals surface area contributed by atoms with Gasteiger partial charge in [0.25, 0.3) is 0 Å². The third-order valence-electron chi connectivity index (χ3n) is 4.48. The van der Waals surface area contributed by atoms with Gasteiger partial charge in [-0.2, -0.15) is 5.26 Å². The highest BCUT2D eigenvalue weighted by molar-refractivity contribution is 5.47. The molecule has 2 fully saturated rings. The summed E-state index contributed by atoms with van der Waals surface area (Å²) in [7, 11) is 0. The van der Waals surface area contributed by atoms with Crippen LogP contribution in [0.3, 0.4) is 0 Å². The number of aryl methyl sites for hydroxylation is 1. The van der Waals surface area contributed by atoms with Gasteiger partial charge >= 0.3 is 0 Å². The highest BCUT2D eigenvalue weighted by Crippen LogP contribution is 2.37. The Morgan fingerprint density at radius 3 is 2.89 bits per heavy atom. The van der Waals surface area contributed by atoms with E-state index in [-0.39, 0.29) is 0 Å².